The SMILES string of the molecule is CCc1oc(COc2ncnc3scc(C)c23)cc1-c1ccc(OC)cc1. The Morgan fingerprint density at radius 2 is 1.96 bits per heavy atom. The van der Waals surface area contributed by atoms with Gasteiger partial charge in [0.2, 0.25) is 5.88 Å². The molecule has 27 heavy (non-hydrogen) atoms. The first-order valence-electron chi connectivity index (χ1n) is 8.77. The van der Waals surface area contributed by atoms with Gasteiger partial charge in [0.25, 0.3) is 0 Å². The third kappa shape index (κ3) is 3.40. The Labute approximate surface area is 161 Å². The smallest absolute Gasteiger partial charge is 0.226 e. The molecule has 0 radical (unpaired) electrons. The van der Waals surface area contributed by atoms with Crippen molar-refractivity contribution in [1.29, 1.82) is 0 Å². The van der Waals surface area contributed by atoms with Crippen molar-refractivity contribution in [2.24, 2.45) is 0 Å². The number of aryl methyl sites for hydroxylation is 2. The number of ether oxygens (including phenoxy) is 2. The molecule has 0 spiro atoms. The lowest BCUT2D eigenvalue weighted by molar-refractivity contribution is 0.260. The van der Waals surface area contributed by atoms with Gasteiger partial charge in [0.1, 0.15) is 35.0 Å². The van der Waals surface area contributed by atoms with Gasteiger partial charge in [0.15, 0.2) is 0 Å². The van der Waals surface area contributed by atoms with Crippen LogP contribution in [0.15, 0.2) is 46.5 Å². The second-order valence-electron chi connectivity index (χ2n) is 6.20. The van der Waals surface area contributed by atoms with Crippen LogP contribution in [0.1, 0.15) is 24.0 Å². The highest BCUT2D eigenvalue weighted by Gasteiger charge is 2.14. The Bertz CT molecular complexity index is 1070. The molecule has 6 heteroatoms. The van der Waals surface area contributed by atoms with Crippen molar-refractivity contribution in [3.63, 3.8) is 0 Å². The van der Waals surface area contributed by atoms with Gasteiger partial charge in [-0.05, 0) is 41.6 Å². The van der Waals surface area contributed by atoms with Crippen LogP contribution < -0.4 is 9.47 Å². The Kier molecular flexibility index (Phi) is 4.81. The third-order valence-electron chi connectivity index (χ3n) is 4.45. The van der Waals surface area contributed by atoms with Gasteiger partial charge in [-0.1, -0.05) is 19.1 Å². The van der Waals surface area contributed by atoms with E-state index in [4.69, 9.17) is 13.9 Å². The van der Waals surface area contributed by atoms with Gasteiger partial charge in [0.05, 0.1) is 12.5 Å². The number of hydrogen-bond donors (Lipinski definition) is 0. The van der Waals surface area contributed by atoms with Gasteiger partial charge in [-0.25, -0.2) is 9.97 Å². The maximum Gasteiger partial charge on any atom is 0.226 e. The molecule has 0 unspecified atom stereocenters. The van der Waals surface area contributed by atoms with Crippen molar-refractivity contribution in [3.05, 3.63) is 59.1 Å². The van der Waals surface area contributed by atoms with Crippen LogP contribution in [-0.2, 0) is 13.0 Å². The molecule has 3 aromatic heterocycles. The molecule has 1 aromatic carbocycles. The Hall–Kier alpha value is -2.86. The first-order chi connectivity index (χ1) is 13.2. The van der Waals surface area contributed by atoms with Crippen LogP contribution in [-0.4, -0.2) is 17.1 Å². The Balaban J connectivity index is 1.59. The summed E-state index contributed by atoms with van der Waals surface area (Å²) in [6.45, 7) is 4.45. The molecular formula is C21H20N2O3S. The average molecular weight is 380 g/mol. The molecule has 0 aliphatic carbocycles. The zero-order chi connectivity index (χ0) is 18.8. The van der Waals surface area contributed by atoms with E-state index in [1.165, 1.54) is 6.33 Å². The fourth-order valence-electron chi connectivity index (χ4n) is 3.07. The highest BCUT2D eigenvalue weighted by molar-refractivity contribution is 7.17. The summed E-state index contributed by atoms with van der Waals surface area (Å²) in [4.78, 5) is 9.53. The number of fused-ring (bicyclic) bond motifs is 1. The topological polar surface area (TPSA) is 57.4 Å². The van der Waals surface area contributed by atoms with Crippen LogP contribution in [0.25, 0.3) is 21.3 Å². The average Bonchev–Trinajstić information content (AvgIpc) is 3.30. The molecule has 4 aromatic rings. The van der Waals surface area contributed by atoms with E-state index >= 15 is 0 Å². The molecule has 138 valence electrons. The van der Waals surface area contributed by atoms with Crippen molar-refractivity contribution < 1.29 is 13.9 Å². The molecule has 3 heterocycles. The number of hydrogen-bond acceptors (Lipinski definition) is 6. The summed E-state index contributed by atoms with van der Waals surface area (Å²) < 4.78 is 17.2. The molecular weight excluding hydrogens is 360 g/mol. The van der Waals surface area contributed by atoms with Gasteiger partial charge < -0.3 is 13.9 Å². The van der Waals surface area contributed by atoms with E-state index in [9.17, 15) is 0 Å². The lowest BCUT2D eigenvalue weighted by atomic mass is 10.0. The molecule has 0 fully saturated rings. The molecule has 0 atom stereocenters. The number of benzene rings is 1. The molecule has 0 aliphatic heterocycles. The van der Waals surface area contributed by atoms with Crippen LogP contribution in [0.4, 0.5) is 0 Å². The predicted octanol–water partition coefficient (Wildman–Crippen LogP) is 5.41. The number of methoxy groups -OCH3 is 1. The fourth-order valence-corrected chi connectivity index (χ4v) is 3.95. The second kappa shape index (κ2) is 7.40. The van der Waals surface area contributed by atoms with E-state index in [0.29, 0.717) is 12.5 Å². The Morgan fingerprint density at radius 1 is 1.15 bits per heavy atom. The van der Waals surface area contributed by atoms with Crippen LogP contribution in [0, 0.1) is 6.92 Å². The van der Waals surface area contributed by atoms with E-state index in [0.717, 1.165) is 50.6 Å². The Morgan fingerprint density at radius 3 is 2.70 bits per heavy atom. The lowest BCUT2D eigenvalue weighted by Crippen LogP contribution is -1.97. The van der Waals surface area contributed by atoms with E-state index in [1.54, 1.807) is 18.4 Å². The van der Waals surface area contributed by atoms with Crippen LogP contribution in [0.3, 0.4) is 0 Å². The maximum atomic E-state index is 6.02. The number of aromatic nitrogens is 2. The molecule has 4 rings (SSSR count). The maximum absolute atomic E-state index is 6.02. The molecule has 0 N–H and O–H groups in total. The van der Waals surface area contributed by atoms with Crippen LogP contribution in [0.2, 0.25) is 0 Å². The van der Waals surface area contributed by atoms with Crippen LogP contribution >= 0.6 is 11.3 Å². The van der Waals surface area contributed by atoms with Crippen LogP contribution in [0.5, 0.6) is 11.6 Å². The minimum atomic E-state index is 0.324. The number of furan rings is 1. The summed E-state index contributed by atoms with van der Waals surface area (Å²) in [5, 5.41) is 3.04. The molecule has 0 aliphatic rings. The van der Waals surface area contributed by atoms with E-state index < -0.39 is 0 Å². The first-order valence-corrected chi connectivity index (χ1v) is 9.65. The van der Waals surface area contributed by atoms with Crippen molar-refractivity contribution >= 4 is 21.6 Å². The zero-order valence-electron chi connectivity index (χ0n) is 15.5. The molecule has 0 saturated heterocycles. The van der Waals surface area contributed by atoms with Gasteiger partial charge in [-0.15, -0.1) is 11.3 Å². The molecule has 0 saturated carbocycles. The minimum Gasteiger partial charge on any atom is -0.497 e. The van der Waals surface area contributed by atoms with Gasteiger partial charge >= 0.3 is 0 Å². The highest BCUT2D eigenvalue weighted by Crippen LogP contribution is 2.32. The van der Waals surface area contributed by atoms with Gasteiger partial charge in [-0.3, -0.25) is 0 Å². The summed E-state index contributed by atoms with van der Waals surface area (Å²) in [5.74, 6) is 3.15. The molecule has 5 nitrogen and oxygen atoms in total. The van der Waals surface area contributed by atoms with E-state index in [1.807, 2.05) is 37.3 Å². The summed E-state index contributed by atoms with van der Waals surface area (Å²) in [6.07, 6.45) is 2.35. The standard InChI is InChI=1S/C21H20N2O3S/c1-4-18-17(14-5-7-15(24-3)8-6-14)9-16(26-18)10-25-20-19-13(2)11-27-21(19)23-12-22-20/h5-9,11-12H,4,10H2,1-3H3. The van der Waals surface area contributed by atoms with E-state index in [-0.39, 0.29) is 0 Å². The summed E-state index contributed by atoms with van der Waals surface area (Å²) >= 11 is 1.60. The highest BCUT2D eigenvalue weighted by atomic mass is 32.1. The monoisotopic (exact) mass is 380 g/mol. The lowest BCUT2D eigenvalue weighted by Gasteiger charge is -2.04. The summed E-state index contributed by atoms with van der Waals surface area (Å²) in [6, 6.07) is 10.0. The van der Waals surface area contributed by atoms with Crippen molar-refractivity contribution in [3.8, 4) is 22.8 Å². The van der Waals surface area contributed by atoms with E-state index in [2.05, 4.69) is 22.3 Å². The number of rotatable bonds is 6. The quantitative estimate of drug-likeness (QED) is 0.448. The predicted molar refractivity (Wildman–Crippen MR) is 107 cm³/mol. The second-order valence-corrected chi connectivity index (χ2v) is 7.06. The minimum absolute atomic E-state index is 0.324. The fraction of sp³-hybridized carbons (Fsp3) is 0.238. The van der Waals surface area contributed by atoms with Crippen molar-refractivity contribution in [2.45, 2.75) is 26.9 Å². The first kappa shape index (κ1) is 17.5. The van der Waals surface area contributed by atoms with Crippen molar-refractivity contribution in [1.82, 2.24) is 9.97 Å². The molecule has 0 amide bonds. The summed E-state index contributed by atoms with van der Waals surface area (Å²) in [5.41, 5.74) is 3.30. The van der Waals surface area contributed by atoms with Gasteiger partial charge in [-0.2, -0.15) is 0 Å². The molecule has 0 bridgehead atoms. The number of thiophene rings is 1. The number of nitrogens with zero attached hydrogens (tertiary/aromatic N) is 2. The van der Waals surface area contributed by atoms with Crippen molar-refractivity contribution in [2.75, 3.05) is 7.11 Å². The normalized spacial score (nSPS) is 11.1. The largest absolute Gasteiger partial charge is 0.497 e. The zero-order valence-corrected chi connectivity index (χ0v) is 16.3. The third-order valence-corrected chi connectivity index (χ3v) is 5.46. The summed E-state index contributed by atoms with van der Waals surface area (Å²) in [7, 11) is 1.67. The van der Waals surface area contributed by atoms with Gasteiger partial charge in [0, 0.05) is 12.0 Å².